The van der Waals surface area contributed by atoms with Crippen molar-refractivity contribution in [2.75, 3.05) is 0 Å². The van der Waals surface area contributed by atoms with E-state index >= 15 is 0 Å². The summed E-state index contributed by atoms with van der Waals surface area (Å²) in [5, 5.41) is 14.7. The maximum atomic E-state index is 10.7. The zero-order valence-corrected chi connectivity index (χ0v) is 12.2. The van der Waals surface area contributed by atoms with E-state index in [9.17, 15) is 10.1 Å². The topological polar surface area (TPSA) is 68.9 Å². The predicted molar refractivity (Wildman–Crippen MR) is 79.6 cm³/mol. The summed E-state index contributed by atoms with van der Waals surface area (Å²) in [5.41, 5.74) is -0.0253. The smallest absolute Gasteiger partial charge is 0.258 e. The van der Waals surface area contributed by atoms with E-state index in [1.165, 1.54) is 41.6 Å². The predicted octanol–water partition coefficient (Wildman–Crippen LogP) is 4.40. The molecule has 100 valence electrons. The van der Waals surface area contributed by atoms with Crippen LogP contribution in [0.15, 0.2) is 45.9 Å². The molecule has 1 aromatic carbocycles. The molecule has 5 nitrogen and oxygen atoms in total. The molecule has 0 N–H and O–H groups in total. The molecule has 0 aliphatic heterocycles. The summed E-state index contributed by atoms with van der Waals surface area (Å²) in [5.74, 6) is 0. The van der Waals surface area contributed by atoms with Crippen LogP contribution in [-0.4, -0.2) is 14.9 Å². The third-order valence-electron chi connectivity index (χ3n) is 2.56. The number of rotatable bonds is 3. The molecule has 3 rings (SSSR count). The lowest BCUT2D eigenvalue weighted by atomic mass is 10.3. The fourth-order valence-corrected chi connectivity index (χ4v) is 3.60. The largest absolute Gasteiger partial charge is 0.270 e. The van der Waals surface area contributed by atoms with Gasteiger partial charge >= 0.3 is 0 Å². The number of fused-ring (bicyclic) bond motifs is 1. The van der Waals surface area contributed by atoms with Gasteiger partial charge in [-0.1, -0.05) is 23.4 Å². The van der Waals surface area contributed by atoms with Crippen molar-refractivity contribution < 1.29 is 4.92 Å². The van der Waals surface area contributed by atoms with Crippen LogP contribution in [0.3, 0.4) is 0 Å². The van der Waals surface area contributed by atoms with Gasteiger partial charge in [-0.15, -0.1) is 11.3 Å². The Morgan fingerprint density at radius 3 is 2.90 bits per heavy atom. The molecule has 0 saturated heterocycles. The Morgan fingerprint density at radius 2 is 2.15 bits per heavy atom. The molecule has 20 heavy (non-hydrogen) atoms. The Morgan fingerprint density at radius 1 is 1.30 bits per heavy atom. The van der Waals surface area contributed by atoms with Crippen LogP contribution in [0.5, 0.6) is 0 Å². The zero-order chi connectivity index (χ0) is 14.1. The first-order valence-electron chi connectivity index (χ1n) is 5.45. The fraction of sp³-hybridized carbons (Fsp3) is 0. The lowest BCUT2D eigenvalue weighted by Gasteiger charge is -2.04. The molecule has 0 unspecified atom stereocenters. The highest BCUT2D eigenvalue weighted by molar-refractivity contribution is 7.99. The molecule has 0 aliphatic carbocycles. The van der Waals surface area contributed by atoms with E-state index in [-0.39, 0.29) is 5.69 Å². The van der Waals surface area contributed by atoms with Crippen molar-refractivity contribution in [1.29, 1.82) is 0 Å². The second-order valence-electron chi connectivity index (χ2n) is 3.79. The van der Waals surface area contributed by atoms with Gasteiger partial charge in [-0.05, 0) is 17.5 Å². The number of nitro benzene ring substituents is 1. The van der Waals surface area contributed by atoms with Gasteiger partial charge in [0.15, 0.2) is 0 Å². The molecule has 0 aliphatic rings. The van der Waals surface area contributed by atoms with E-state index in [1.807, 2.05) is 11.4 Å². The van der Waals surface area contributed by atoms with Crippen molar-refractivity contribution in [2.24, 2.45) is 0 Å². The Bertz CT molecular complexity index is 806. The number of nitro groups is 1. The highest BCUT2D eigenvalue weighted by atomic mass is 35.5. The van der Waals surface area contributed by atoms with Gasteiger partial charge in [0, 0.05) is 22.4 Å². The van der Waals surface area contributed by atoms with Crippen LogP contribution >= 0.6 is 34.7 Å². The van der Waals surface area contributed by atoms with Gasteiger partial charge in [0.25, 0.3) is 5.69 Å². The molecule has 8 heteroatoms. The standard InChI is InChI=1S/C12H6ClN3O2S2/c13-9-5-7(16(17)18)1-2-10(9)20-12-8-3-4-19-11(8)14-6-15-12/h1-6H. The van der Waals surface area contributed by atoms with Gasteiger partial charge < -0.3 is 0 Å². The lowest BCUT2D eigenvalue weighted by molar-refractivity contribution is -0.384. The number of aromatic nitrogens is 2. The van der Waals surface area contributed by atoms with Gasteiger partial charge in [0.2, 0.25) is 0 Å². The molecule has 0 saturated carbocycles. The van der Waals surface area contributed by atoms with Crippen LogP contribution in [0.25, 0.3) is 10.2 Å². The van der Waals surface area contributed by atoms with Crippen molar-refractivity contribution in [3.63, 3.8) is 0 Å². The van der Waals surface area contributed by atoms with E-state index in [4.69, 9.17) is 11.6 Å². The van der Waals surface area contributed by atoms with Gasteiger partial charge in [-0.25, -0.2) is 9.97 Å². The number of hydrogen-bond acceptors (Lipinski definition) is 6. The van der Waals surface area contributed by atoms with Crippen LogP contribution < -0.4 is 0 Å². The number of non-ortho nitro benzene ring substituents is 1. The van der Waals surface area contributed by atoms with Gasteiger partial charge in [0.1, 0.15) is 16.2 Å². The average Bonchev–Trinajstić information content (AvgIpc) is 2.90. The Kier molecular flexibility index (Phi) is 3.56. The van der Waals surface area contributed by atoms with Gasteiger partial charge in [-0.2, -0.15) is 0 Å². The van der Waals surface area contributed by atoms with Crippen molar-refractivity contribution in [3.8, 4) is 0 Å². The molecular weight excluding hydrogens is 318 g/mol. The third kappa shape index (κ3) is 2.47. The van der Waals surface area contributed by atoms with Crippen LogP contribution in [0.1, 0.15) is 0 Å². The first-order valence-corrected chi connectivity index (χ1v) is 7.52. The monoisotopic (exact) mass is 323 g/mol. The van der Waals surface area contributed by atoms with Crippen LogP contribution in [0.2, 0.25) is 5.02 Å². The second kappa shape index (κ2) is 5.35. The molecule has 0 spiro atoms. The summed E-state index contributed by atoms with van der Waals surface area (Å²) in [6.45, 7) is 0. The normalized spacial score (nSPS) is 10.8. The van der Waals surface area contributed by atoms with Crippen LogP contribution in [0, 0.1) is 10.1 Å². The summed E-state index contributed by atoms with van der Waals surface area (Å²) in [6.07, 6.45) is 1.50. The van der Waals surface area contributed by atoms with Gasteiger partial charge in [0.05, 0.1) is 9.95 Å². The minimum absolute atomic E-state index is 0.0253. The van der Waals surface area contributed by atoms with E-state index in [0.29, 0.717) is 5.02 Å². The molecule has 0 bridgehead atoms. The number of thiophene rings is 1. The number of benzene rings is 1. The van der Waals surface area contributed by atoms with Crippen molar-refractivity contribution in [1.82, 2.24) is 9.97 Å². The third-order valence-corrected chi connectivity index (χ3v) is 4.90. The van der Waals surface area contributed by atoms with Crippen LogP contribution in [0.4, 0.5) is 5.69 Å². The Hall–Kier alpha value is -1.70. The molecule has 0 radical (unpaired) electrons. The zero-order valence-electron chi connectivity index (χ0n) is 9.82. The summed E-state index contributed by atoms with van der Waals surface area (Å²) >= 11 is 8.99. The van der Waals surface area contributed by atoms with Crippen molar-refractivity contribution >= 4 is 50.6 Å². The summed E-state index contributed by atoms with van der Waals surface area (Å²) in [6, 6.07) is 6.35. The summed E-state index contributed by atoms with van der Waals surface area (Å²) < 4.78 is 0. The summed E-state index contributed by atoms with van der Waals surface area (Å²) in [4.78, 5) is 20.3. The first-order chi connectivity index (χ1) is 9.65. The molecule has 0 fully saturated rings. The molecule has 3 aromatic rings. The molecule has 0 atom stereocenters. The van der Waals surface area contributed by atoms with E-state index in [1.54, 1.807) is 6.07 Å². The minimum atomic E-state index is -0.470. The molecule has 2 aromatic heterocycles. The molecule has 0 amide bonds. The first kappa shape index (κ1) is 13.3. The van der Waals surface area contributed by atoms with Gasteiger partial charge in [-0.3, -0.25) is 10.1 Å². The van der Waals surface area contributed by atoms with Crippen molar-refractivity contribution in [2.45, 2.75) is 9.92 Å². The fourth-order valence-electron chi connectivity index (χ4n) is 1.64. The number of nitrogens with zero attached hydrogens (tertiary/aromatic N) is 3. The maximum Gasteiger partial charge on any atom is 0.270 e. The summed E-state index contributed by atoms with van der Waals surface area (Å²) in [7, 11) is 0. The molecular formula is C12H6ClN3O2S2. The quantitative estimate of drug-likeness (QED) is 0.406. The SMILES string of the molecule is O=[N+]([O-])c1ccc(Sc2ncnc3sccc23)c(Cl)c1. The van der Waals surface area contributed by atoms with E-state index in [0.717, 1.165) is 20.1 Å². The number of hydrogen-bond donors (Lipinski definition) is 0. The minimum Gasteiger partial charge on any atom is -0.258 e. The lowest BCUT2D eigenvalue weighted by Crippen LogP contribution is -1.88. The van der Waals surface area contributed by atoms with Crippen LogP contribution in [-0.2, 0) is 0 Å². The Labute approximate surface area is 126 Å². The van der Waals surface area contributed by atoms with E-state index < -0.39 is 4.92 Å². The highest BCUT2D eigenvalue weighted by Crippen LogP contribution is 2.37. The maximum absolute atomic E-state index is 10.7. The molecule has 2 heterocycles. The average molecular weight is 324 g/mol. The van der Waals surface area contributed by atoms with Crippen molar-refractivity contribution in [3.05, 3.63) is 51.1 Å². The second-order valence-corrected chi connectivity index (χ2v) is 6.12. The number of halogens is 1. The Balaban J connectivity index is 1.99. The highest BCUT2D eigenvalue weighted by Gasteiger charge is 2.13. The van der Waals surface area contributed by atoms with E-state index in [2.05, 4.69) is 9.97 Å².